The molecule has 6 nitrogen and oxygen atoms in total. The summed E-state index contributed by atoms with van der Waals surface area (Å²) in [6, 6.07) is 27.8. The molecule has 38 heavy (non-hydrogen) atoms. The van der Waals surface area contributed by atoms with Crippen molar-refractivity contribution in [3.05, 3.63) is 103 Å². The lowest BCUT2D eigenvalue weighted by atomic mass is 10.2. The van der Waals surface area contributed by atoms with Gasteiger partial charge in [-0.3, -0.25) is 4.18 Å². The number of benzene rings is 3. The topological polar surface area (TPSA) is 71.1 Å². The summed E-state index contributed by atoms with van der Waals surface area (Å²) in [6.45, 7) is 10.6. The summed E-state index contributed by atoms with van der Waals surface area (Å²) in [5.41, 5.74) is 0.906. The van der Waals surface area contributed by atoms with Crippen molar-refractivity contribution in [3.8, 4) is 5.75 Å². The average Bonchev–Trinajstić information content (AvgIpc) is 2.89. The van der Waals surface area contributed by atoms with Crippen molar-refractivity contribution in [1.29, 1.82) is 0 Å². The second kappa shape index (κ2) is 12.9. The minimum atomic E-state index is -3.81. The van der Waals surface area contributed by atoms with Crippen LogP contribution in [0.3, 0.4) is 0 Å². The molecule has 0 N–H and O–H groups in total. The van der Waals surface area contributed by atoms with Gasteiger partial charge in [-0.1, -0.05) is 99.6 Å². The highest BCUT2D eigenvalue weighted by atomic mass is 32.2. The molecule has 0 fully saturated rings. The fourth-order valence-electron chi connectivity index (χ4n) is 4.61. The van der Waals surface area contributed by atoms with Gasteiger partial charge in [-0.2, -0.15) is 8.42 Å². The van der Waals surface area contributed by atoms with Crippen molar-refractivity contribution in [2.75, 3.05) is 20.0 Å². The minimum Gasteiger partial charge on any atom is -0.497 e. The Bertz CT molecular complexity index is 1220. The molecule has 0 spiro atoms. The van der Waals surface area contributed by atoms with Gasteiger partial charge in [0.15, 0.2) is 0 Å². The van der Waals surface area contributed by atoms with Gasteiger partial charge < -0.3 is 13.9 Å². The van der Waals surface area contributed by atoms with E-state index in [0.29, 0.717) is 0 Å². The lowest BCUT2D eigenvalue weighted by molar-refractivity contribution is -0.0226. The van der Waals surface area contributed by atoms with Crippen LogP contribution in [-0.2, 0) is 30.1 Å². The minimum absolute atomic E-state index is 0.000347. The van der Waals surface area contributed by atoms with Crippen molar-refractivity contribution in [2.45, 2.75) is 44.6 Å². The molecule has 0 unspecified atom stereocenters. The number of methoxy groups -OCH3 is 1. The molecule has 0 aliphatic carbocycles. The second-order valence-corrected chi connectivity index (χ2v) is 16.1. The first-order valence-corrected chi connectivity index (χ1v) is 16.2. The Kier molecular flexibility index (Phi) is 10.1. The third-order valence-corrected chi connectivity index (χ3v) is 12.0. The Labute approximate surface area is 228 Å². The SMILES string of the molecule is C=C[C@@H](OCc1ccc(OC)cc1)[C@@H](CO[Si](c1ccccc1)(c1ccccc1)C(C)(C)C)OS(C)(=O)=O. The van der Waals surface area contributed by atoms with Gasteiger partial charge >= 0.3 is 0 Å². The molecule has 0 bridgehead atoms. The van der Waals surface area contributed by atoms with E-state index in [1.165, 1.54) is 0 Å². The van der Waals surface area contributed by atoms with Crippen LogP contribution in [0, 0.1) is 0 Å². The maximum atomic E-state index is 12.3. The highest BCUT2D eigenvalue weighted by Gasteiger charge is 2.50. The van der Waals surface area contributed by atoms with Gasteiger partial charge in [0.25, 0.3) is 18.4 Å². The molecule has 0 radical (unpaired) electrons. The molecule has 2 atom stereocenters. The summed E-state index contributed by atoms with van der Waals surface area (Å²) in [5.74, 6) is 0.742. The van der Waals surface area contributed by atoms with E-state index in [-0.39, 0.29) is 18.3 Å². The Hall–Kier alpha value is -2.75. The first-order chi connectivity index (χ1) is 18.0. The van der Waals surface area contributed by atoms with Crippen molar-refractivity contribution in [2.24, 2.45) is 0 Å². The fourth-order valence-corrected chi connectivity index (χ4v) is 9.80. The van der Waals surface area contributed by atoms with E-state index in [1.807, 2.05) is 60.7 Å². The third kappa shape index (κ3) is 7.42. The van der Waals surface area contributed by atoms with Crippen LogP contribution in [0.15, 0.2) is 97.6 Å². The van der Waals surface area contributed by atoms with E-state index < -0.39 is 30.6 Å². The number of ether oxygens (including phenoxy) is 2. The van der Waals surface area contributed by atoms with Gasteiger partial charge in [0, 0.05) is 0 Å². The Morgan fingerprint density at radius 3 is 1.84 bits per heavy atom. The predicted octanol–water partition coefficient (Wildman–Crippen LogP) is 4.69. The Morgan fingerprint density at radius 2 is 1.42 bits per heavy atom. The highest BCUT2D eigenvalue weighted by molar-refractivity contribution is 7.86. The van der Waals surface area contributed by atoms with Crippen molar-refractivity contribution >= 4 is 28.8 Å². The van der Waals surface area contributed by atoms with E-state index in [0.717, 1.165) is 27.9 Å². The molecule has 204 valence electrons. The molecule has 0 amide bonds. The van der Waals surface area contributed by atoms with Crippen molar-refractivity contribution in [1.82, 2.24) is 0 Å². The lowest BCUT2D eigenvalue weighted by Gasteiger charge is -2.44. The third-order valence-electron chi connectivity index (χ3n) is 6.38. The maximum Gasteiger partial charge on any atom is 0.264 e. The molecule has 0 saturated carbocycles. The molecule has 3 rings (SSSR count). The summed E-state index contributed by atoms with van der Waals surface area (Å²) in [5, 5.41) is 1.90. The first-order valence-electron chi connectivity index (χ1n) is 12.5. The number of hydrogen-bond donors (Lipinski definition) is 0. The van der Waals surface area contributed by atoms with Crippen LogP contribution in [0.1, 0.15) is 26.3 Å². The van der Waals surface area contributed by atoms with Crippen molar-refractivity contribution < 1.29 is 26.5 Å². The van der Waals surface area contributed by atoms with Gasteiger partial charge in [0.2, 0.25) is 0 Å². The second-order valence-electron chi connectivity index (χ2n) is 10.2. The predicted molar refractivity (Wildman–Crippen MR) is 155 cm³/mol. The lowest BCUT2D eigenvalue weighted by Crippen LogP contribution is -2.67. The summed E-state index contributed by atoms with van der Waals surface area (Å²) in [4.78, 5) is 0. The smallest absolute Gasteiger partial charge is 0.264 e. The Balaban J connectivity index is 1.96. The quantitative estimate of drug-likeness (QED) is 0.174. The van der Waals surface area contributed by atoms with Crippen LogP contribution < -0.4 is 15.1 Å². The Morgan fingerprint density at radius 1 is 0.895 bits per heavy atom. The average molecular weight is 555 g/mol. The standard InChI is InChI=1S/C30H38O6SSi/c1-7-28(34-22-24-18-20-25(33-5)21-19-24)29(36-37(6,31)32)23-35-38(30(2,3)4,26-14-10-8-11-15-26)27-16-12-9-13-17-27/h7-21,28-29H,1,22-23H2,2-6H3/t28-,29-/m1/s1. The van der Waals surface area contributed by atoms with Crippen LogP contribution in [0.25, 0.3) is 0 Å². The first kappa shape index (κ1) is 29.8. The van der Waals surface area contributed by atoms with E-state index >= 15 is 0 Å². The number of hydrogen-bond acceptors (Lipinski definition) is 6. The summed E-state index contributed by atoms with van der Waals surface area (Å²) in [7, 11) is -5.12. The van der Waals surface area contributed by atoms with Crippen LogP contribution in [0.4, 0.5) is 0 Å². The van der Waals surface area contributed by atoms with E-state index in [4.69, 9.17) is 18.1 Å². The molecule has 0 aromatic heterocycles. The number of rotatable bonds is 13. The van der Waals surface area contributed by atoms with Gasteiger partial charge in [-0.15, -0.1) is 6.58 Å². The summed E-state index contributed by atoms with van der Waals surface area (Å²) >= 11 is 0. The zero-order valence-corrected chi connectivity index (χ0v) is 24.6. The molecule has 8 heteroatoms. The molecular weight excluding hydrogens is 516 g/mol. The molecule has 3 aromatic rings. The van der Waals surface area contributed by atoms with Gasteiger partial charge in [-0.25, -0.2) is 0 Å². The molecule has 0 aliphatic rings. The monoisotopic (exact) mass is 554 g/mol. The van der Waals surface area contributed by atoms with Crippen LogP contribution in [0.5, 0.6) is 5.75 Å². The summed E-state index contributed by atoms with van der Waals surface area (Å²) in [6.07, 6.45) is 0.938. The summed E-state index contributed by atoms with van der Waals surface area (Å²) < 4.78 is 48.4. The molecule has 0 heterocycles. The van der Waals surface area contributed by atoms with E-state index in [9.17, 15) is 8.42 Å². The van der Waals surface area contributed by atoms with Gasteiger partial charge in [-0.05, 0) is 33.1 Å². The van der Waals surface area contributed by atoms with Gasteiger partial charge in [0.05, 0.1) is 26.6 Å². The van der Waals surface area contributed by atoms with Crippen molar-refractivity contribution in [3.63, 3.8) is 0 Å². The molecular formula is C30H38O6SSi. The van der Waals surface area contributed by atoms with E-state index in [2.05, 4.69) is 51.6 Å². The van der Waals surface area contributed by atoms with Crippen LogP contribution in [-0.4, -0.2) is 48.9 Å². The molecule has 0 aliphatic heterocycles. The fraction of sp³-hybridized carbons (Fsp3) is 0.333. The normalized spacial score (nSPS) is 14.0. The van der Waals surface area contributed by atoms with Gasteiger partial charge in [0.1, 0.15) is 18.0 Å². The zero-order chi connectivity index (χ0) is 27.8. The zero-order valence-electron chi connectivity index (χ0n) is 22.8. The van der Waals surface area contributed by atoms with Crippen LogP contribution >= 0.6 is 0 Å². The maximum absolute atomic E-state index is 12.3. The largest absolute Gasteiger partial charge is 0.497 e. The molecule has 3 aromatic carbocycles. The highest BCUT2D eigenvalue weighted by Crippen LogP contribution is 2.37. The van der Waals surface area contributed by atoms with E-state index in [1.54, 1.807) is 13.2 Å². The molecule has 0 saturated heterocycles. The van der Waals surface area contributed by atoms with Crippen LogP contribution in [0.2, 0.25) is 5.04 Å².